The van der Waals surface area contributed by atoms with Crippen LogP contribution in [0.25, 0.3) is 6.08 Å². The van der Waals surface area contributed by atoms with Crippen LogP contribution in [0.15, 0.2) is 64.4 Å². The van der Waals surface area contributed by atoms with Crippen molar-refractivity contribution in [3.05, 3.63) is 75.5 Å². The highest BCUT2D eigenvalue weighted by Crippen LogP contribution is 2.39. The Bertz CT molecular complexity index is 908. The number of rotatable bonds is 6. The number of carbonyl (C=O) groups is 2. The second-order valence-corrected chi connectivity index (χ2v) is 8.62. The van der Waals surface area contributed by atoms with Gasteiger partial charge < -0.3 is 10.1 Å². The van der Waals surface area contributed by atoms with Crippen molar-refractivity contribution in [3.63, 3.8) is 0 Å². The van der Waals surface area contributed by atoms with Crippen molar-refractivity contribution < 1.29 is 14.3 Å². The summed E-state index contributed by atoms with van der Waals surface area (Å²) in [6, 6.07) is 14.9. The van der Waals surface area contributed by atoms with Crippen LogP contribution in [0.3, 0.4) is 0 Å². The van der Waals surface area contributed by atoms with Crippen LogP contribution in [0.4, 0.5) is 5.69 Å². The molecule has 0 aliphatic carbocycles. The summed E-state index contributed by atoms with van der Waals surface area (Å²) >= 11 is 3.11. The number of carbonyl (C=O) groups excluding carboxylic acids is 2. The average Bonchev–Trinajstić information content (AvgIpc) is 3.23. The molecule has 2 aromatic rings. The largest absolute Gasteiger partial charge is 0.497 e. The molecular weight excluding hydrogens is 390 g/mol. The molecule has 28 heavy (non-hydrogen) atoms. The summed E-state index contributed by atoms with van der Waals surface area (Å²) in [6.45, 7) is 1.98. The molecule has 1 saturated heterocycles. The molecule has 1 aliphatic heterocycles. The summed E-state index contributed by atoms with van der Waals surface area (Å²) in [4.78, 5) is 25.7. The van der Waals surface area contributed by atoms with Gasteiger partial charge in [-0.05, 0) is 42.8 Å². The fourth-order valence-corrected chi connectivity index (χ4v) is 5.11. The highest BCUT2D eigenvalue weighted by molar-refractivity contribution is 8.25. The van der Waals surface area contributed by atoms with Gasteiger partial charge >= 0.3 is 0 Å². The minimum absolute atomic E-state index is 0.206. The van der Waals surface area contributed by atoms with E-state index in [-0.39, 0.29) is 17.3 Å². The van der Waals surface area contributed by atoms with Gasteiger partial charge in [-0.25, -0.2) is 0 Å². The zero-order valence-electron chi connectivity index (χ0n) is 15.7. The Morgan fingerprint density at radius 2 is 1.64 bits per heavy atom. The lowest BCUT2D eigenvalue weighted by atomic mass is 10.1. The first-order chi connectivity index (χ1) is 13.6. The predicted octanol–water partition coefficient (Wildman–Crippen LogP) is 4.92. The number of ketones is 1. The molecule has 1 amide bonds. The second kappa shape index (κ2) is 9.66. The van der Waals surface area contributed by atoms with Crippen LogP contribution in [0, 0.1) is 6.92 Å². The number of thioether (sulfide) groups is 2. The fourth-order valence-electron chi connectivity index (χ4n) is 2.56. The van der Waals surface area contributed by atoms with Gasteiger partial charge in [-0.2, -0.15) is 0 Å². The number of ether oxygens (including phenoxy) is 1. The van der Waals surface area contributed by atoms with Crippen molar-refractivity contribution in [3.8, 4) is 5.75 Å². The third-order valence-electron chi connectivity index (χ3n) is 4.08. The first-order valence-electron chi connectivity index (χ1n) is 8.81. The Balaban J connectivity index is 1.80. The lowest BCUT2D eigenvalue weighted by Gasteiger charge is -2.09. The van der Waals surface area contributed by atoms with E-state index in [9.17, 15) is 9.59 Å². The summed E-state index contributed by atoms with van der Waals surface area (Å²) in [7, 11) is 1.61. The number of nitrogens with one attached hydrogen (secondary N) is 1. The van der Waals surface area contributed by atoms with Crippen molar-refractivity contribution >= 4 is 47.0 Å². The normalized spacial score (nSPS) is 13.6. The minimum Gasteiger partial charge on any atom is -0.497 e. The summed E-state index contributed by atoms with van der Waals surface area (Å²) in [5.41, 5.74) is 2.85. The number of benzene rings is 2. The van der Waals surface area contributed by atoms with Crippen LogP contribution < -0.4 is 10.1 Å². The molecule has 0 atom stereocenters. The molecule has 0 saturated carbocycles. The standard InChI is InChI=1S/C22H21NO3S2/c1-15-3-8-17(9-4-15)23-21(25)20(22-27-13-14-28-22)19(24)12-7-16-5-10-18(26-2)11-6-16/h3-12H,13-14H2,1-2H3,(H,23,25)/b12-7+. The summed E-state index contributed by atoms with van der Waals surface area (Å²) in [5, 5.41) is 2.85. The molecule has 1 heterocycles. The maximum Gasteiger partial charge on any atom is 0.261 e. The van der Waals surface area contributed by atoms with E-state index in [1.54, 1.807) is 36.7 Å². The van der Waals surface area contributed by atoms with Gasteiger partial charge in [0.05, 0.1) is 11.3 Å². The van der Waals surface area contributed by atoms with Crippen molar-refractivity contribution in [1.29, 1.82) is 0 Å². The van der Waals surface area contributed by atoms with Crippen molar-refractivity contribution in [1.82, 2.24) is 0 Å². The molecule has 144 valence electrons. The molecular formula is C22H21NO3S2. The molecule has 3 rings (SSSR count). The minimum atomic E-state index is -0.370. The summed E-state index contributed by atoms with van der Waals surface area (Å²) < 4.78 is 5.93. The van der Waals surface area contributed by atoms with Gasteiger partial charge in [-0.15, -0.1) is 23.5 Å². The lowest BCUT2D eigenvalue weighted by Crippen LogP contribution is -2.20. The second-order valence-electron chi connectivity index (χ2n) is 6.15. The molecule has 1 N–H and O–H groups in total. The van der Waals surface area contributed by atoms with Gasteiger partial charge in [0.1, 0.15) is 11.3 Å². The Morgan fingerprint density at radius 3 is 2.25 bits per heavy atom. The van der Waals surface area contributed by atoms with Crippen LogP contribution in [-0.4, -0.2) is 30.3 Å². The Morgan fingerprint density at radius 1 is 1.00 bits per heavy atom. The summed E-state index contributed by atoms with van der Waals surface area (Å²) in [6.07, 6.45) is 3.17. The van der Waals surface area contributed by atoms with E-state index in [0.29, 0.717) is 5.69 Å². The Hall–Kier alpha value is -2.44. The van der Waals surface area contributed by atoms with E-state index >= 15 is 0 Å². The van der Waals surface area contributed by atoms with Crippen molar-refractivity contribution in [2.24, 2.45) is 0 Å². The Labute approximate surface area is 173 Å². The van der Waals surface area contributed by atoms with Crippen LogP contribution >= 0.6 is 23.5 Å². The average molecular weight is 412 g/mol. The third-order valence-corrected chi connectivity index (χ3v) is 6.79. The molecule has 0 bridgehead atoms. The zero-order valence-corrected chi connectivity index (χ0v) is 17.4. The quantitative estimate of drug-likeness (QED) is 0.416. The van der Waals surface area contributed by atoms with Crippen molar-refractivity contribution in [2.45, 2.75) is 6.92 Å². The van der Waals surface area contributed by atoms with Gasteiger partial charge in [0.2, 0.25) is 0 Å². The van der Waals surface area contributed by atoms with Gasteiger partial charge in [-0.3, -0.25) is 9.59 Å². The van der Waals surface area contributed by atoms with Crippen LogP contribution in [-0.2, 0) is 9.59 Å². The maximum absolute atomic E-state index is 12.9. The lowest BCUT2D eigenvalue weighted by molar-refractivity contribution is -0.117. The van der Waals surface area contributed by atoms with E-state index < -0.39 is 0 Å². The highest BCUT2D eigenvalue weighted by atomic mass is 32.2. The van der Waals surface area contributed by atoms with E-state index in [2.05, 4.69) is 5.32 Å². The van der Waals surface area contributed by atoms with E-state index in [4.69, 9.17) is 4.74 Å². The van der Waals surface area contributed by atoms with Crippen LogP contribution in [0.1, 0.15) is 11.1 Å². The van der Waals surface area contributed by atoms with E-state index in [1.165, 1.54) is 6.08 Å². The first-order valence-corrected chi connectivity index (χ1v) is 10.8. The number of allylic oxidation sites excluding steroid dienone is 1. The molecule has 0 spiro atoms. The number of hydrogen-bond donors (Lipinski definition) is 1. The van der Waals surface area contributed by atoms with Gasteiger partial charge in [-0.1, -0.05) is 35.9 Å². The first kappa shape index (κ1) is 20.3. The number of amides is 1. The monoisotopic (exact) mass is 411 g/mol. The van der Waals surface area contributed by atoms with Gasteiger partial charge in [0, 0.05) is 17.2 Å². The maximum atomic E-state index is 12.9. The SMILES string of the molecule is COc1ccc(/C=C/C(=O)C(C(=O)Nc2ccc(C)cc2)=C2SCCS2)cc1. The van der Waals surface area contributed by atoms with Crippen LogP contribution in [0.5, 0.6) is 5.75 Å². The molecule has 6 heteroatoms. The number of aryl methyl sites for hydroxylation is 1. The van der Waals surface area contributed by atoms with Gasteiger partial charge in [0.15, 0.2) is 5.78 Å². The molecule has 4 nitrogen and oxygen atoms in total. The van der Waals surface area contributed by atoms with Crippen LogP contribution in [0.2, 0.25) is 0 Å². The smallest absolute Gasteiger partial charge is 0.261 e. The van der Waals surface area contributed by atoms with Gasteiger partial charge in [0.25, 0.3) is 5.91 Å². The predicted molar refractivity (Wildman–Crippen MR) is 119 cm³/mol. The summed E-state index contributed by atoms with van der Waals surface area (Å²) in [5.74, 6) is 1.89. The third kappa shape index (κ3) is 5.30. The molecule has 1 fully saturated rings. The van der Waals surface area contributed by atoms with E-state index in [1.807, 2.05) is 55.5 Å². The van der Waals surface area contributed by atoms with Crippen molar-refractivity contribution in [2.75, 3.05) is 23.9 Å². The fraction of sp³-hybridized carbons (Fsp3) is 0.182. The number of methoxy groups -OCH3 is 1. The molecule has 2 aromatic carbocycles. The topological polar surface area (TPSA) is 55.4 Å². The molecule has 1 aliphatic rings. The number of hydrogen-bond acceptors (Lipinski definition) is 5. The number of anilines is 1. The zero-order chi connectivity index (χ0) is 19.9. The Kier molecular flexibility index (Phi) is 7.01. The molecule has 0 radical (unpaired) electrons. The van der Waals surface area contributed by atoms with E-state index in [0.717, 1.165) is 32.6 Å². The molecule has 0 aromatic heterocycles. The molecule has 0 unspecified atom stereocenters. The highest BCUT2D eigenvalue weighted by Gasteiger charge is 2.25.